The fourth-order valence-electron chi connectivity index (χ4n) is 2.18. The molecule has 0 bridgehead atoms. The molecule has 0 radical (unpaired) electrons. The van der Waals surface area contributed by atoms with Crippen molar-refractivity contribution in [1.29, 1.82) is 0 Å². The van der Waals surface area contributed by atoms with Crippen LogP contribution < -0.4 is 10.6 Å². The first kappa shape index (κ1) is 15.8. The average Bonchev–Trinajstić information content (AvgIpc) is 3.24. The number of methoxy groups -OCH3 is 1. The number of aromatic nitrogens is 1. The van der Waals surface area contributed by atoms with Crippen LogP contribution in [0.2, 0.25) is 0 Å². The van der Waals surface area contributed by atoms with Gasteiger partial charge < -0.3 is 19.0 Å². The highest BCUT2D eigenvalue weighted by molar-refractivity contribution is 6.39. The number of carbonyl (C=O) groups is 2. The fraction of sp³-hybridized carbons (Fsp3) is 0.188. The Kier molecular flexibility index (Phi) is 4.57. The summed E-state index contributed by atoms with van der Waals surface area (Å²) < 4.78 is 15.6. The zero-order valence-electron chi connectivity index (χ0n) is 12.8. The van der Waals surface area contributed by atoms with Crippen molar-refractivity contribution in [3.8, 4) is 0 Å². The molecular formula is C16H15N3O5. The van der Waals surface area contributed by atoms with E-state index in [4.69, 9.17) is 9.15 Å². The Bertz CT molecular complexity index is 807. The first-order valence-electron chi connectivity index (χ1n) is 7.18. The van der Waals surface area contributed by atoms with Crippen molar-refractivity contribution in [3.05, 3.63) is 48.4 Å². The molecule has 2 amide bonds. The van der Waals surface area contributed by atoms with Crippen LogP contribution in [0.5, 0.6) is 0 Å². The Morgan fingerprint density at radius 1 is 1.25 bits per heavy atom. The molecule has 0 saturated heterocycles. The molecule has 0 aliphatic heterocycles. The molecule has 1 atom stereocenters. The third-order valence-corrected chi connectivity index (χ3v) is 3.38. The third kappa shape index (κ3) is 3.44. The van der Waals surface area contributed by atoms with Crippen molar-refractivity contribution < 1.29 is 23.3 Å². The Morgan fingerprint density at radius 3 is 2.79 bits per heavy atom. The topological polar surface area (TPSA) is 107 Å². The molecule has 0 fully saturated rings. The van der Waals surface area contributed by atoms with Gasteiger partial charge in [-0.2, -0.15) is 0 Å². The molecule has 8 nitrogen and oxygen atoms in total. The van der Waals surface area contributed by atoms with E-state index >= 15 is 0 Å². The lowest BCUT2D eigenvalue weighted by Crippen LogP contribution is -2.38. The van der Waals surface area contributed by atoms with Gasteiger partial charge >= 0.3 is 11.8 Å². The standard InChI is InChI=1S/C16H15N3O5/c1-22-13(12-8-10-4-2-3-5-11(10)24-12)9-17-15(20)16(21)18-14-6-7-23-19-14/h2-8,13H,9H2,1H3,(H,17,20)(H,18,19,21)/t13-/m1/s1. The minimum Gasteiger partial charge on any atom is -0.458 e. The minimum absolute atomic E-state index is 0.0847. The lowest BCUT2D eigenvalue weighted by Gasteiger charge is -2.13. The summed E-state index contributed by atoms with van der Waals surface area (Å²) in [6, 6.07) is 10.8. The monoisotopic (exact) mass is 329 g/mol. The van der Waals surface area contributed by atoms with Gasteiger partial charge in [0.15, 0.2) is 5.82 Å². The Morgan fingerprint density at radius 2 is 2.08 bits per heavy atom. The quantitative estimate of drug-likeness (QED) is 0.692. The van der Waals surface area contributed by atoms with Crippen molar-refractivity contribution in [3.63, 3.8) is 0 Å². The number of para-hydroxylation sites is 1. The summed E-state index contributed by atoms with van der Waals surface area (Å²) in [4.78, 5) is 23.5. The van der Waals surface area contributed by atoms with E-state index in [1.807, 2.05) is 30.3 Å². The fourth-order valence-corrected chi connectivity index (χ4v) is 2.18. The molecule has 0 aliphatic carbocycles. The molecule has 2 heterocycles. The van der Waals surface area contributed by atoms with E-state index in [0.29, 0.717) is 5.76 Å². The molecule has 0 unspecified atom stereocenters. The van der Waals surface area contributed by atoms with Crippen LogP contribution in [0.25, 0.3) is 11.0 Å². The molecule has 0 saturated carbocycles. The average molecular weight is 329 g/mol. The lowest BCUT2D eigenvalue weighted by atomic mass is 10.2. The SMILES string of the molecule is CO[C@H](CNC(=O)C(=O)Nc1ccon1)c1cc2ccccc2o1. The Hall–Kier alpha value is -3.13. The van der Waals surface area contributed by atoms with E-state index in [0.717, 1.165) is 11.0 Å². The van der Waals surface area contributed by atoms with Gasteiger partial charge in [0.2, 0.25) is 0 Å². The smallest absolute Gasteiger partial charge is 0.314 e. The summed E-state index contributed by atoms with van der Waals surface area (Å²) in [5.74, 6) is -0.925. The van der Waals surface area contributed by atoms with Gasteiger partial charge in [-0.1, -0.05) is 23.4 Å². The van der Waals surface area contributed by atoms with Crippen LogP contribution >= 0.6 is 0 Å². The highest BCUT2D eigenvalue weighted by Crippen LogP contribution is 2.25. The molecule has 0 spiro atoms. The maximum atomic E-state index is 11.8. The first-order valence-corrected chi connectivity index (χ1v) is 7.18. The second-order valence-corrected chi connectivity index (χ2v) is 4.96. The molecule has 124 valence electrons. The molecule has 2 N–H and O–H groups in total. The van der Waals surface area contributed by atoms with Crippen molar-refractivity contribution in [2.75, 3.05) is 19.0 Å². The molecule has 2 aromatic heterocycles. The van der Waals surface area contributed by atoms with Gasteiger partial charge in [0.05, 0.1) is 6.54 Å². The number of benzene rings is 1. The molecular weight excluding hydrogens is 314 g/mol. The van der Waals surface area contributed by atoms with Gasteiger partial charge in [-0.3, -0.25) is 14.9 Å². The van der Waals surface area contributed by atoms with Gasteiger partial charge in [-0.25, -0.2) is 0 Å². The minimum atomic E-state index is -0.844. The van der Waals surface area contributed by atoms with Crippen molar-refractivity contribution in [2.24, 2.45) is 0 Å². The number of ether oxygens (including phenoxy) is 1. The van der Waals surface area contributed by atoms with Crippen LogP contribution in [0.1, 0.15) is 11.9 Å². The largest absolute Gasteiger partial charge is 0.458 e. The predicted molar refractivity (Wildman–Crippen MR) is 84.1 cm³/mol. The maximum absolute atomic E-state index is 11.8. The van der Waals surface area contributed by atoms with E-state index in [1.165, 1.54) is 19.4 Å². The molecule has 3 rings (SSSR count). The number of anilines is 1. The predicted octanol–water partition coefficient (Wildman–Crippen LogP) is 1.86. The number of amides is 2. The van der Waals surface area contributed by atoms with Crippen molar-refractivity contribution >= 4 is 28.6 Å². The van der Waals surface area contributed by atoms with Crippen LogP contribution in [0.4, 0.5) is 5.82 Å². The first-order chi connectivity index (χ1) is 11.7. The summed E-state index contributed by atoms with van der Waals surface area (Å²) in [6.45, 7) is 0.0847. The second kappa shape index (κ2) is 6.97. The Balaban J connectivity index is 1.61. The van der Waals surface area contributed by atoms with Crippen LogP contribution in [0.15, 0.2) is 51.6 Å². The molecule has 0 aliphatic rings. The highest BCUT2D eigenvalue weighted by atomic mass is 16.5. The molecule has 24 heavy (non-hydrogen) atoms. The molecule has 3 aromatic rings. The van der Waals surface area contributed by atoms with Gasteiger partial charge in [-0.05, 0) is 12.1 Å². The summed E-state index contributed by atoms with van der Waals surface area (Å²) in [5, 5.41) is 9.23. The highest BCUT2D eigenvalue weighted by Gasteiger charge is 2.20. The zero-order chi connectivity index (χ0) is 16.9. The third-order valence-electron chi connectivity index (χ3n) is 3.38. The van der Waals surface area contributed by atoms with Crippen molar-refractivity contribution in [1.82, 2.24) is 10.5 Å². The number of carbonyl (C=O) groups excluding carboxylic acids is 2. The summed E-state index contributed by atoms with van der Waals surface area (Å²) in [5.41, 5.74) is 0.727. The second-order valence-electron chi connectivity index (χ2n) is 4.96. The normalized spacial score (nSPS) is 12.0. The van der Waals surface area contributed by atoms with Gasteiger partial charge in [-0.15, -0.1) is 0 Å². The lowest BCUT2D eigenvalue weighted by molar-refractivity contribution is -0.136. The summed E-state index contributed by atoms with van der Waals surface area (Å²) >= 11 is 0. The van der Waals surface area contributed by atoms with E-state index in [9.17, 15) is 9.59 Å². The number of hydrogen-bond donors (Lipinski definition) is 2. The van der Waals surface area contributed by atoms with Crippen LogP contribution in [0.3, 0.4) is 0 Å². The summed E-state index contributed by atoms with van der Waals surface area (Å²) in [6.07, 6.45) is 0.775. The number of rotatable bonds is 5. The Labute approximate surface area is 136 Å². The van der Waals surface area contributed by atoms with Crippen molar-refractivity contribution in [2.45, 2.75) is 6.10 Å². The van der Waals surface area contributed by atoms with Crippen LogP contribution in [-0.4, -0.2) is 30.6 Å². The van der Waals surface area contributed by atoms with Crippen LogP contribution in [0, 0.1) is 0 Å². The molecule has 1 aromatic carbocycles. The number of fused-ring (bicyclic) bond motifs is 1. The van der Waals surface area contributed by atoms with E-state index in [2.05, 4.69) is 20.3 Å². The summed E-state index contributed by atoms with van der Waals surface area (Å²) in [7, 11) is 1.50. The van der Waals surface area contributed by atoms with Gasteiger partial charge in [0.1, 0.15) is 23.7 Å². The number of furan rings is 1. The van der Waals surface area contributed by atoms with E-state index < -0.39 is 17.9 Å². The van der Waals surface area contributed by atoms with E-state index in [-0.39, 0.29) is 12.4 Å². The van der Waals surface area contributed by atoms with E-state index in [1.54, 1.807) is 0 Å². The van der Waals surface area contributed by atoms with Crippen LogP contribution in [-0.2, 0) is 14.3 Å². The number of nitrogens with zero attached hydrogens (tertiary/aromatic N) is 1. The van der Waals surface area contributed by atoms with Gasteiger partial charge in [0.25, 0.3) is 0 Å². The molecule has 8 heteroatoms. The number of nitrogens with one attached hydrogen (secondary N) is 2. The van der Waals surface area contributed by atoms with Gasteiger partial charge in [0, 0.05) is 18.6 Å². The zero-order valence-corrected chi connectivity index (χ0v) is 12.8. The number of hydrogen-bond acceptors (Lipinski definition) is 6. The maximum Gasteiger partial charge on any atom is 0.314 e.